The van der Waals surface area contributed by atoms with Crippen LogP contribution in [-0.4, -0.2) is 9.55 Å². The molecule has 0 spiro atoms. The number of H-pyrrole nitrogens is 1. The summed E-state index contributed by atoms with van der Waals surface area (Å²) in [5.41, 5.74) is 5.36. The fourth-order valence-corrected chi connectivity index (χ4v) is 3.02. The molecule has 2 nitrogen and oxygen atoms in total. The number of allylic oxidation sites excluding steroid dienone is 2. The topological polar surface area (TPSA) is 20.7 Å². The predicted molar refractivity (Wildman–Crippen MR) is 81.7 cm³/mol. The summed E-state index contributed by atoms with van der Waals surface area (Å²) in [5, 5.41) is 0. The highest BCUT2D eigenvalue weighted by Gasteiger charge is 2.24. The molecule has 0 bridgehead atoms. The summed E-state index contributed by atoms with van der Waals surface area (Å²) in [7, 11) is 2.04. The first-order chi connectivity index (χ1) is 9.16. The van der Waals surface area contributed by atoms with Crippen molar-refractivity contribution in [2.24, 2.45) is 7.05 Å². The molecular formula is C16H18N2S. The van der Waals surface area contributed by atoms with E-state index < -0.39 is 0 Å². The number of aromatic nitrogens is 2. The normalized spacial score (nSPS) is 18.6. The lowest BCUT2D eigenvalue weighted by Gasteiger charge is -2.16. The maximum Gasteiger partial charge on any atom is 0.177 e. The van der Waals surface area contributed by atoms with Gasteiger partial charge in [0.1, 0.15) is 0 Å². The van der Waals surface area contributed by atoms with Crippen molar-refractivity contribution in [3.63, 3.8) is 0 Å². The zero-order valence-corrected chi connectivity index (χ0v) is 12.1. The van der Waals surface area contributed by atoms with E-state index >= 15 is 0 Å². The van der Waals surface area contributed by atoms with Crippen molar-refractivity contribution >= 4 is 17.8 Å². The van der Waals surface area contributed by atoms with E-state index in [4.69, 9.17) is 12.2 Å². The Bertz CT molecular complexity index is 674. The van der Waals surface area contributed by atoms with Crippen LogP contribution in [-0.2, 0) is 7.05 Å². The maximum atomic E-state index is 5.27. The molecule has 0 saturated heterocycles. The number of aromatic amines is 1. The largest absolute Gasteiger partial charge is 0.337 e. The number of aryl methyl sites for hydroxylation is 1. The van der Waals surface area contributed by atoms with Gasteiger partial charge < -0.3 is 9.55 Å². The lowest BCUT2D eigenvalue weighted by Crippen LogP contribution is -2.04. The molecule has 0 saturated carbocycles. The number of hydrogen-bond donors (Lipinski definition) is 1. The molecule has 19 heavy (non-hydrogen) atoms. The molecule has 3 heteroatoms. The van der Waals surface area contributed by atoms with Gasteiger partial charge in [0.2, 0.25) is 0 Å². The minimum absolute atomic E-state index is 0.459. The van der Waals surface area contributed by atoms with Crippen molar-refractivity contribution in [2.75, 3.05) is 0 Å². The zero-order chi connectivity index (χ0) is 13.4. The Balaban J connectivity index is 2.00. The summed E-state index contributed by atoms with van der Waals surface area (Å²) in [6.45, 7) is 2.12. The zero-order valence-electron chi connectivity index (χ0n) is 11.3. The molecule has 0 amide bonds. The first kappa shape index (κ1) is 12.4. The van der Waals surface area contributed by atoms with Crippen molar-refractivity contribution in [3.05, 3.63) is 58.1 Å². The van der Waals surface area contributed by atoms with Crippen LogP contribution in [0, 0.1) is 11.7 Å². The lowest BCUT2D eigenvalue weighted by atomic mass is 9.92. The summed E-state index contributed by atoms with van der Waals surface area (Å²) in [5.74, 6) is 0.459. The quantitative estimate of drug-likeness (QED) is 0.804. The molecule has 1 N–H and O–H groups in total. The number of nitrogens with one attached hydrogen (secondary N) is 1. The summed E-state index contributed by atoms with van der Waals surface area (Å²) in [6, 6.07) is 8.81. The van der Waals surface area contributed by atoms with Gasteiger partial charge >= 0.3 is 0 Å². The van der Waals surface area contributed by atoms with Gasteiger partial charge in [0.25, 0.3) is 0 Å². The Hall–Kier alpha value is -1.61. The number of hydrogen-bond acceptors (Lipinski definition) is 1. The Morgan fingerprint density at radius 3 is 2.63 bits per heavy atom. The second-order valence-corrected chi connectivity index (χ2v) is 5.62. The van der Waals surface area contributed by atoms with Gasteiger partial charge in [-0.3, -0.25) is 0 Å². The van der Waals surface area contributed by atoms with Gasteiger partial charge in [0.15, 0.2) is 4.77 Å². The Morgan fingerprint density at radius 1 is 1.26 bits per heavy atom. The molecule has 1 aliphatic carbocycles. The summed E-state index contributed by atoms with van der Waals surface area (Å²) in [6.07, 6.45) is 6.74. The molecule has 0 radical (unpaired) electrons. The monoisotopic (exact) mass is 270 g/mol. The first-order valence-corrected chi connectivity index (χ1v) is 7.09. The molecule has 3 rings (SSSR count). The van der Waals surface area contributed by atoms with Gasteiger partial charge in [0.05, 0.1) is 0 Å². The van der Waals surface area contributed by atoms with Crippen LogP contribution in [0.25, 0.3) is 5.57 Å². The highest BCUT2D eigenvalue weighted by atomic mass is 32.1. The number of nitrogens with zero attached hydrogens (tertiary/aromatic N) is 1. The maximum absolute atomic E-state index is 5.27. The highest BCUT2D eigenvalue weighted by Crippen LogP contribution is 2.40. The molecule has 0 fully saturated rings. The molecular weight excluding hydrogens is 252 g/mol. The van der Waals surface area contributed by atoms with E-state index in [9.17, 15) is 0 Å². The van der Waals surface area contributed by atoms with Crippen LogP contribution < -0.4 is 0 Å². The third kappa shape index (κ3) is 2.19. The Labute approximate surface area is 118 Å². The van der Waals surface area contributed by atoms with Crippen molar-refractivity contribution in [1.82, 2.24) is 9.55 Å². The minimum Gasteiger partial charge on any atom is -0.337 e. The molecule has 1 aromatic carbocycles. The van der Waals surface area contributed by atoms with Crippen LogP contribution in [0.5, 0.6) is 0 Å². The van der Waals surface area contributed by atoms with Crippen LogP contribution in [0.1, 0.15) is 35.6 Å². The molecule has 2 aromatic rings. The molecule has 1 aromatic heterocycles. The van der Waals surface area contributed by atoms with Gasteiger partial charge in [0, 0.05) is 24.9 Å². The average Bonchev–Trinajstić information content (AvgIpc) is 2.99. The smallest absolute Gasteiger partial charge is 0.177 e. The summed E-state index contributed by atoms with van der Waals surface area (Å²) < 4.78 is 2.89. The van der Waals surface area contributed by atoms with Crippen molar-refractivity contribution in [1.29, 1.82) is 0 Å². The third-order valence-corrected chi connectivity index (χ3v) is 4.36. The van der Waals surface area contributed by atoms with E-state index in [0.29, 0.717) is 5.92 Å². The highest BCUT2D eigenvalue weighted by molar-refractivity contribution is 7.71. The molecule has 1 heterocycles. The Kier molecular flexibility index (Phi) is 3.15. The van der Waals surface area contributed by atoms with Gasteiger partial charge in [-0.2, -0.15) is 0 Å². The number of rotatable bonds is 2. The average molecular weight is 270 g/mol. The fraction of sp³-hybridized carbons (Fsp3) is 0.312. The lowest BCUT2D eigenvalue weighted by molar-refractivity contribution is 0.722. The van der Waals surface area contributed by atoms with Gasteiger partial charge in [-0.1, -0.05) is 35.9 Å². The SMILES string of the molecule is Cc1ccc(C2=CCCC2c2c[nH]c(=S)n2C)cc1. The van der Waals surface area contributed by atoms with Gasteiger partial charge in [-0.15, -0.1) is 0 Å². The second-order valence-electron chi connectivity index (χ2n) is 5.23. The van der Waals surface area contributed by atoms with E-state index in [2.05, 4.69) is 53.0 Å². The first-order valence-electron chi connectivity index (χ1n) is 6.68. The molecule has 1 aliphatic rings. The van der Waals surface area contributed by atoms with Crippen LogP contribution in [0.2, 0.25) is 0 Å². The van der Waals surface area contributed by atoms with Crippen molar-refractivity contribution in [2.45, 2.75) is 25.7 Å². The minimum atomic E-state index is 0.459. The van der Waals surface area contributed by atoms with E-state index in [1.165, 1.54) is 28.8 Å². The van der Waals surface area contributed by atoms with Crippen molar-refractivity contribution in [3.8, 4) is 0 Å². The van der Waals surface area contributed by atoms with E-state index in [1.54, 1.807) is 0 Å². The third-order valence-electron chi connectivity index (χ3n) is 3.97. The predicted octanol–water partition coefficient (Wildman–Crippen LogP) is 4.35. The Morgan fingerprint density at radius 2 is 2.00 bits per heavy atom. The van der Waals surface area contributed by atoms with Crippen LogP contribution >= 0.6 is 12.2 Å². The van der Waals surface area contributed by atoms with Gasteiger partial charge in [-0.25, -0.2) is 0 Å². The molecule has 1 atom stereocenters. The molecule has 0 aliphatic heterocycles. The fourth-order valence-electron chi connectivity index (χ4n) is 2.86. The van der Waals surface area contributed by atoms with Crippen molar-refractivity contribution < 1.29 is 0 Å². The summed E-state index contributed by atoms with van der Waals surface area (Å²) >= 11 is 5.27. The molecule has 1 unspecified atom stereocenters. The van der Waals surface area contributed by atoms with Gasteiger partial charge in [-0.05, 0) is 43.1 Å². The number of benzene rings is 1. The second kappa shape index (κ2) is 4.82. The summed E-state index contributed by atoms with van der Waals surface area (Å²) in [4.78, 5) is 3.15. The van der Waals surface area contributed by atoms with Crippen LogP contribution in [0.4, 0.5) is 0 Å². The molecule has 98 valence electrons. The van der Waals surface area contributed by atoms with E-state index in [-0.39, 0.29) is 0 Å². The van der Waals surface area contributed by atoms with Crippen LogP contribution in [0.3, 0.4) is 0 Å². The standard InChI is InChI=1S/C16H18N2S/c1-11-6-8-12(9-7-11)13-4-3-5-14(13)15-10-17-16(19)18(15)2/h4,6-10,14H,3,5H2,1-2H3,(H,17,19). The van der Waals surface area contributed by atoms with Crippen LogP contribution in [0.15, 0.2) is 36.5 Å². The van der Waals surface area contributed by atoms with E-state index in [1.807, 2.05) is 7.05 Å². The van der Waals surface area contributed by atoms with E-state index in [0.717, 1.165) is 11.2 Å². The number of imidazole rings is 1.